The number of aromatic nitrogens is 2. The van der Waals surface area contributed by atoms with Gasteiger partial charge >= 0.3 is 0 Å². The SMILES string of the molecule is CCOC[C@@]1(O)CC[C@@]2(C)[C@H](CC[C@@H]3[C@@H]2CC[C@]2(C)C([C@@H](C)Cn4ccc(C#N)n4)CC[C@@H]32)C1. The average Bonchev–Trinajstić information content (AvgIpc) is 3.42. The van der Waals surface area contributed by atoms with Gasteiger partial charge in [0, 0.05) is 19.3 Å². The molecule has 1 aromatic rings. The van der Waals surface area contributed by atoms with Gasteiger partial charge in [0.2, 0.25) is 0 Å². The summed E-state index contributed by atoms with van der Waals surface area (Å²) in [5, 5.41) is 24.8. The van der Waals surface area contributed by atoms with E-state index < -0.39 is 5.60 Å². The molecule has 34 heavy (non-hydrogen) atoms. The molecule has 0 radical (unpaired) electrons. The van der Waals surface area contributed by atoms with Crippen molar-refractivity contribution in [2.75, 3.05) is 13.2 Å². The molecule has 0 amide bonds. The average molecular weight is 468 g/mol. The molecule has 0 saturated heterocycles. The summed E-state index contributed by atoms with van der Waals surface area (Å²) >= 11 is 0. The topological polar surface area (TPSA) is 71.1 Å². The molecule has 188 valence electrons. The first-order valence-corrected chi connectivity index (χ1v) is 14.0. The van der Waals surface area contributed by atoms with Gasteiger partial charge in [0.1, 0.15) is 6.07 Å². The number of rotatable bonds is 6. The summed E-state index contributed by atoms with van der Waals surface area (Å²) in [7, 11) is 0. The molecule has 0 spiro atoms. The van der Waals surface area contributed by atoms with Gasteiger partial charge in [-0.25, -0.2) is 0 Å². The zero-order chi connectivity index (χ0) is 24.1. The first-order chi connectivity index (χ1) is 16.2. The van der Waals surface area contributed by atoms with Crippen molar-refractivity contribution in [1.29, 1.82) is 5.26 Å². The molecule has 0 bridgehead atoms. The molecule has 9 atom stereocenters. The van der Waals surface area contributed by atoms with E-state index in [-0.39, 0.29) is 0 Å². The molecule has 4 saturated carbocycles. The highest BCUT2D eigenvalue weighted by Crippen LogP contribution is 2.68. The Kier molecular flexibility index (Phi) is 6.39. The largest absolute Gasteiger partial charge is 0.387 e. The van der Waals surface area contributed by atoms with E-state index in [2.05, 4.69) is 31.9 Å². The van der Waals surface area contributed by atoms with Crippen molar-refractivity contribution in [2.24, 2.45) is 46.3 Å². The van der Waals surface area contributed by atoms with Gasteiger partial charge in [0.05, 0.1) is 12.2 Å². The molecular formula is C29H45N3O2. The van der Waals surface area contributed by atoms with Crippen LogP contribution in [0.2, 0.25) is 0 Å². The smallest absolute Gasteiger partial charge is 0.162 e. The molecule has 4 aliphatic rings. The minimum Gasteiger partial charge on any atom is -0.387 e. The van der Waals surface area contributed by atoms with Gasteiger partial charge in [-0.15, -0.1) is 0 Å². The number of nitriles is 1. The van der Waals surface area contributed by atoms with Crippen LogP contribution in [-0.2, 0) is 11.3 Å². The van der Waals surface area contributed by atoms with Gasteiger partial charge < -0.3 is 9.84 Å². The molecule has 5 rings (SSSR count). The summed E-state index contributed by atoms with van der Waals surface area (Å²) in [6.45, 7) is 11.7. The Hall–Kier alpha value is -1.38. The van der Waals surface area contributed by atoms with Crippen molar-refractivity contribution in [3.8, 4) is 6.07 Å². The van der Waals surface area contributed by atoms with E-state index in [0.717, 1.165) is 49.5 Å². The second-order valence-corrected chi connectivity index (χ2v) is 13.0. The summed E-state index contributed by atoms with van der Waals surface area (Å²) in [5.74, 6) is 4.47. The van der Waals surface area contributed by atoms with Crippen LogP contribution in [0.1, 0.15) is 91.2 Å². The number of nitrogens with zero attached hydrogens (tertiary/aromatic N) is 3. The summed E-state index contributed by atoms with van der Waals surface area (Å²) in [6.07, 6.45) is 13.0. The molecule has 4 aliphatic carbocycles. The van der Waals surface area contributed by atoms with E-state index >= 15 is 0 Å². The molecule has 1 unspecified atom stereocenters. The minimum absolute atomic E-state index is 0.384. The Morgan fingerprint density at radius 3 is 2.68 bits per heavy atom. The van der Waals surface area contributed by atoms with Crippen molar-refractivity contribution in [2.45, 2.75) is 97.6 Å². The Balaban J connectivity index is 1.29. The first-order valence-electron chi connectivity index (χ1n) is 14.0. The predicted octanol–water partition coefficient (Wildman–Crippen LogP) is 5.82. The Labute approximate surface area is 206 Å². The number of aliphatic hydroxyl groups is 1. The summed E-state index contributed by atoms with van der Waals surface area (Å²) in [4.78, 5) is 0. The van der Waals surface area contributed by atoms with Crippen LogP contribution >= 0.6 is 0 Å². The van der Waals surface area contributed by atoms with Crippen LogP contribution in [0.25, 0.3) is 0 Å². The zero-order valence-corrected chi connectivity index (χ0v) is 21.8. The standard InChI is InChI=1S/C29H45N3O2/c1-5-34-19-29(33)14-13-27(3)21(16-29)6-7-23-25-9-8-24(28(25,4)12-10-26(23)27)20(2)18-32-15-11-22(17-30)31-32/h11,15,20-21,23-26,33H,5-10,12-14,16,18-19H2,1-4H3/t20-,21+,23-,24?,25-,26-,27-,28+,29+/m0/s1. The van der Waals surface area contributed by atoms with Gasteiger partial charge in [0.25, 0.3) is 0 Å². The quantitative estimate of drug-likeness (QED) is 0.572. The molecule has 4 fully saturated rings. The van der Waals surface area contributed by atoms with Crippen molar-refractivity contribution in [3.05, 3.63) is 18.0 Å². The van der Waals surface area contributed by atoms with E-state index in [9.17, 15) is 5.11 Å². The zero-order valence-electron chi connectivity index (χ0n) is 21.8. The number of hydrogen-bond acceptors (Lipinski definition) is 4. The molecule has 1 heterocycles. The lowest BCUT2D eigenvalue weighted by atomic mass is 9.43. The van der Waals surface area contributed by atoms with Gasteiger partial charge in [-0.1, -0.05) is 20.8 Å². The van der Waals surface area contributed by atoms with Crippen LogP contribution in [0, 0.1) is 57.7 Å². The normalized spacial score (nSPS) is 44.5. The third-order valence-corrected chi connectivity index (χ3v) is 11.4. The highest BCUT2D eigenvalue weighted by molar-refractivity contribution is 5.16. The van der Waals surface area contributed by atoms with Crippen LogP contribution in [-0.4, -0.2) is 33.7 Å². The maximum atomic E-state index is 11.2. The maximum absolute atomic E-state index is 11.2. The molecule has 5 nitrogen and oxygen atoms in total. The van der Waals surface area contributed by atoms with E-state index in [4.69, 9.17) is 10.00 Å². The van der Waals surface area contributed by atoms with Crippen LogP contribution in [0.4, 0.5) is 0 Å². The molecule has 1 aromatic heterocycles. The van der Waals surface area contributed by atoms with Crippen LogP contribution in [0.5, 0.6) is 0 Å². The first kappa shape index (κ1) is 24.3. The Bertz CT molecular complexity index is 923. The van der Waals surface area contributed by atoms with Crippen molar-refractivity contribution in [3.63, 3.8) is 0 Å². The third-order valence-electron chi connectivity index (χ3n) is 11.4. The maximum Gasteiger partial charge on any atom is 0.162 e. The summed E-state index contributed by atoms with van der Waals surface area (Å²) < 4.78 is 7.67. The summed E-state index contributed by atoms with van der Waals surface area (Å²) in [5.41, 5.74) is 0.727. The monoisotopic (exact) mass is 467 g/mol. The second kappa shape index (κ2) is 8.93. The van der Waals surface area contributed by atoms with Gasteiger partial charge in [-0.3, -0.25) is 4.68 Å². The predicted molar refractivity (Wildman–Crippen MR) is 133 cm³/mol. The second-order valence-electron chi connectivity index (χ2n) is 13.0. The highest BCUT2D eigenvalue weighted by Gasteiger charge is 2.61. The minimum atomic E-state index is -0.609. The number of fused-ring (bicyclic) bond motifs is 5. The van der Waals surface area contributed by atoms with E-state index in [0.29, 0.717) is 41.6 Å². The van der Waals surface area contributed by atoms with E-state index in [1.807, 2.05) is 23.9 Å². The number of ether oxygens (including phenoxy) is 1. The van der Waals surface area contributed by atoms with Crippen LogP contribution in [0.15, 0.2) is 12.3 Å². The fourth-order valence-electron chi connectivity index (χ4n) is 9.67. The Morgan fingerprint density at radius 2 is 1.94 bits per heavy atom. The van der Waals surface area contributed by atoms with Crippen LogP contribution in [0.3, 0.4) is 0 Å². The van der Waals surface area contributed by atoms with Crippen molar-refractivity contribution in [1.82, 2.24) is 9.78 Å². The van der Waals surface area contributed by atoms with Gasteiger partial charge in [-0.2, -0.15) is 10.4 Å². The molecular weight excluding hydrogens is 422 g/mol. The van der Waals surface area contributed by atoms with E-state index in [1.165, 1.54) is 38.5 Å². The number of hydrogen-bond donors (Lipinski definition) is 1. The van der Waals surface area contributed by atoms with Crippen molar-refractivity contribution < 1.29 is 9.84 Å². The van der Waals surface area contributed by atoms with E-state index in [1.54, 1.807) is 0 Å². The fraction of sp³-hybridized carbons (Fsp3) is 0.862. The van der Waals surface area contributed by atoms with Gasteiger partial charge in [0.15, 0.2) is 5.69 Å². The van der Waals surface area contributed by atoms with Crippen molar-refractivity contribution >= 4 is 0 Å². The third kappa shape index (κ3) is 3.94. The lowest BCUT2D eigenvalue weighted by Gasteiger charge is -2.62. The van der Waals surface area contributed by atoms with Crippen LogP contribution < -0.4 is 0 Å². The molecule has 1 N–H and O–H groups in total. The fourth-order valence-corrected chi connectivity index (χ4v) is 9.67. The molecule has 0 aromatic carbocycles. The lowest BCUT2D eigenvalue weighted by Crippen LogP contribution is -2.56. The highest BCUT2D eigenvalue weighted by atomic mass is 16.5. The summed E-state index contributed by atoms with van der Waals surface area (Å²) in [6, 6.07) is 3.99. The lowest BCUT2D eigenvalue weighted by molar-refractivity contribution is -0.166. The molecule has 0 aliphatic heterocycles. The van der Waals surface area contributed by atoms with Gasteiger partial charge in [-0.05, 0) is 117 Å². The molecule has 5 heteroatoms. The Morgan fingerprint density at radius 1 is 1.15 bits per heavy atom.